The number of carbonyl (C=O) groups excluding carboxylic acids is 2. The molecule has 2 rings (SSSR count). The van der Waals surface area contributed by atoms with Gasteiger partial charge < -0.3 is 15.7 Å². The van der Waals surface area contributed by atoms with Crippen LogP contribution in [-0.4, -0.2) is 29.1 Å². The third-order valence-corrected chi connectivity index (χ3v) is 3.62. The second kappa shape index (κ2) is 6.05. The largest absolute Gasteiger partial charge is 0.388 e. The van der Waals surface area contributed by atoms with Crippen molar-refractivity contribution in [3.05, 3.63) is 35.4 Å². The lowest BCUT2D eigenvalue weighted by molar-refractivity contribution is -0.119. The lowest BCUT2D eigenvalue weighted by Gasteiger charge is -2.36. The first kappa shape index (κ1) is 14.5. The number of carbonyl (C=O) groups is 2. The smallest absolute Gasteiger partial charge is 0.251 e. The van der Waals surface area contributed by atoms with Crippen LogP contribution in [-0.2, 0) is 11.3 Å². The van der Waals surface area contributed by atoms with Crippen LogP contribution in [0.4, 0.5) is 0 Å². The van der Waals surface area contributed by atoms with Crippen LogP contribution in [0.25, 0.3) is 0 Å². The van der Waals surface area contributed by atoms with Gasteiger partial charge in [-0.15, -0.1) is 0 Å². The van der Waals surface area contributed by atoms with Crippen LogP contribution >= 0.6 is 0 Å². The van der Waals surface area contributed by atoms with E-state index in [1.807, 2.05) is 12.1 Å². The molecule has 1 aromatic rings. The van der Waals surface area contributed by atoms with Crippen molar-refractivity contribution in [3.63, 3.8) is 0 Å². The summed E-state index contributed by atoms with van der Waals surface area (Å²) in [7, 11) is 0. The Bertz CT molecular complexity index is 492. The van der Waals surface area contributed by atoms with E-state index >= 15 is 0 Å². The Morgan fingerprint density at radius 1 is 1.20 bits per heavy atom. The average molecular weight is 276 g/mol. The zero-order chi connectivity index (χ0) is 14.6. The number of nitrogens with one attached hydrogen (secondary N) is 2. The van der Waals surface area contributed by atoms with E-state index in [0.717, 1.165) is 24.8 Å². The molecule has 1 fully saturated rings. The summed E-state index contributed by atoms with van der Waals surface area (Å²) < 4.78 is 0. The van der Waals surface area contributed by atoms with Crippen LogP contribution in [0.5, 0.6) is 0 Å². The number of rotatable bonds is 5. The summed E-state index contributed by atoms with van der Waals surface area (Å²) in [6.07, 6.45) is 2.52. The van der Waals surface area contributed by atoms with Gasteiger partial charge >= 0.3 is 0 Å². The third-order valence-electron chi connectivity index (χ3n) is 3.62. The minimum atomic E-state index is -0.707. The van der Waals surface area contributed by atoms with Crippen molar-refractivity contribution < 1.29 is 14.7 Å². The molecule has 0 aliphatic heterocycles. The van der Waals surface area contributed by atoms with Crippen molar-refractivity contribution in [2.45, 2.75) is 38.3 Å². The Labute approximate surface area is 118 Å². The van der Waals surface area contributed by atoms with Gasteiger partial charge in [0, 0.05) is 25.6 Å². The maximum Gasteiger partial charge on any atom is 0.251 e. The molecule has 0 saturated heterocycles. The van der Waals surface area contributed by atoms with E-state index in [0.29, 0.717) is 18.7 Å². The highest BCUT2D eigenvalue weighted by molar-refractivity contribution is 5.94. The Kier molecular flexibility index (Phi) is 4.39. The van der Waals surface area contributed by atoms with Crippen LogP contribution in [0.3, 0.4) is 0 Å². The topological polar surface area (TPSA) is 78.4 Å². The van der Waals surface area contributed by atoms with Crippen LogP contribution in [0.1, 0.15) is 42.1 Å². The quantitative estimate of drug-likeness (QED) is 0.749. The fourth-order valence-electron chi connectivity index (χ4n) is 2.11. The van der Waals surface area contributed by atoms with Crippen molar-refractivity contribution in [3.8, 4) is 0 Å². The molecule has 5 nitrogen and oxygen atoms in total. The molecular weight excluding hydrogens is 256 g/mol. The molecule has 1 aliphatic rings. The Morgan fingerprint density at radius 2 is 1.85 bits per heavy atom. The van der Waals surface area contributed by atoms with Crippen LogP contribution in [0.2, 0.25) is 0 Å². The van der Waals surface area contributed by atoms with Gasteiger partial charge in [-0.25, -0.2) is 0 Å². The predicted octanol–water partition coefficient (Wildman–Crippen LogP) is 0.967. The van der Waals surface area contributed by atoms with Crippen LogP contribution in [0.15, 0.2) is 24.3 Å². The molecule has 20 heavy (non-hydrogen) atoms. The first-order valence-electron chi connectivity index (χ1n) is 6.82. The minimum absolute atomic E-state index is 0.0828. The highest BCUT2D eigenvalue weighted by atomic mass is 16.3. The monoisotopic (exact) mass is 276 g/mol. The molecule has 0 bridgehead atoms. The molecule has 0 heterocycles. The second-order valence-electron chi connectivity index (χ2n) is 5.37. The molecule has 1 saturated carbocycles. The fourth-order valence-corrected chi connectivity index (χ4v) is 2.11. The third kappa shape index (κ3) is 3.81. The zero-order valence-electron chi connectivity index (χ0n) is 11.6. The summed E-state index contributed by atoms with van der Waals surface area (Å²) in [6.45, 7) is 2.23. The van der Waals surface area contributed by atoms with Crippen molar-refractivity contribution in [2.24, 2.45) is 0 Å². The molecule has 0 unspecified atom stereocenters. The van der Waals surface area contributed by atoms with E-state index < -0.39 is 5.60 Å². The SMILES string of the molecule is CC(=O)NCc1ccc(C(=O)NCC2(O)CCC2)cc1. The summed E-state index contributed by atoms with van der Waals surface area (Å²) >= 11 is 0. The maximum absolute atomic E-state index is 11.9. The van der Waals surface area contributed by atoms with Crippen molar-refractivity contribution in [1.29, 1.82) is 0 Å². The summed E-state index contributed by atoms with van der Waals surface area (Å²) in [5.74, 6) is -0.267. The van der Waals surface area contributed by atoms with Gasteiger partial charge in [0.1, 0.15) is 0 Å². The minimum Gasteiger partial charge on any atom is -0.388 e. The van der Waals surface area contributed by atoms with Crippen LogP contribution in [0, 0.1) is 0 Å². The molecule has 5 heteroatoms. The maximum atomic E-state index is 11.9. The highest BCUT2D eigenvalue weighted by Crippen LogP contribution is 2.30. The van der Waals surface area contributed by atoms with Gasteiger partial charge in [0.2, 0.25) is 5.91 Å². The molecule has 0 atom stereocenters. The average Bonchev–Trinajstić information content (AvgIpc) is 2.41. The Hall–Kier alpha value is -1.88. The molecule has 108 valence electrons. The molecule has 0 radical (unpaired) electrons. The Morgan fingerprint density at radius 3 is 2.35 bits per heavy atom. The van der Waals surface area contributed by atoms with Gasteiger partial charge in [-0.1, -0.05) is 12.1 Å². The summed E-state index contributed by atoms with van der Waals surface area (Å²) in [6, 6.07) is 7.06. The van der Waals surface area contributed by atoms with Crippen molar-refractivity contribution >= 4 is 11.8 Å². The van der Waals surface area contributed by atoms with Gasteiger partial charge in [0.15, 0.2) is 0 Å². The number of hydrogen-bond acceptors (Lipinski definition) is 3. The molecule has 0 aromatic heterocycles. The van der Waals surface area contributed by atoms with E-state index in [4.69, 9.17) is 0 Å². The van der Waals surface area contributed by atoms with Gasteiger partial charge in [-0.2, -0.15) is 0 Å². The summed E-state index contributed by atoms with van der Waals surface area (Å²) in [5.41, 5.74) is 0.787. The van der Waals surface area contributed by atoms with E-state index in [-0.39, 0.29) is 11.8 Å². The molecule has 2 amide bonds. The van der Waals surface area contributed by atoms with Gasteiger partial charge in [-0.05, 0) is 37.0 Å². The second-order valence-corrected chi connectivity index (χ2v) is 5.37. The predicted molar refractivity (Wildman–Crippen MR) is 75.1 cm³/mol. The Balaban J connectivity index is 1.85. The highest BCUT2D eigenvalue weighted by Gasteiger charge is 2.34. The van der Waals surface area contributed by atoms with Crippen molar-refractivity contribution in [2.75, 3.05) is 6.54 Å². The first-order valence-corrected chi connectivity index (χ1v) is 6.82. The number of hydrogen-bond donors (Lipinski definition) is 3. The van der Waals surface area contributed by atoms with E-state index in [2.05, 4.69) is 10.6 Å². The lowest BCUT2D eigenvalue weighted by Crippen LogP contribution is -2.47. The number of amides is 2. The normalized spacial score (nSPS) is 16.1. The van der Waals surface area contributed by atoms with Crippen molar-refractivity contribution in [1.82, 2.24) is 10.6 Å². The molecular formula is C15H20N2O3. The summed E-state index contributed by atoms with van der Waals surface area (Å²) in [4.78, 5) is 22.7. The zero-order valence-corrected chi connectivity index (χ0v) is 11.6. The van der Waals surface area contributed by atoms with E-state index in [1.165, 1.54) is 6.92 Å². The molecule has 1 aliphatic carbocycles. The molecule has 1 aromatic carbocycles. The number of benzene rings is 1. The first-order chi connectivity index (χ1) is 9.48. The van der Waals surface area contributed by atoms with Crippen LogP contribution < -0.4 is 10.6 Å². The van der Waals surface area contributed by atoms with E-state index in [1.54, 1.807) is 12.1 Å². The molecule has 3 N–H and O–H groups in total. The van der Waals surface area contributed by atoms with Gasteiger partial charge in [-0.3, -0.25) is 9.59 Å². The van der Waals surface area contributed by atoms with E-state index in [9.17, 15) is 14.7 Å². The molecule has 0 spiro atoms. The number of aliphatic hydroxyl groups is 1. The fraction of sp³-hybridized carbons (Fsp3) is 0.467. The van der Waals surface area contributed by atoms with Gasteiger partial charge in [0.05, 0.1) is 5.60 Å². The lowest BCUT2D eigenvalue weighted by atomic mass is 9.80. The van der Waals surface area contributed by atoms with Gasteiger partial charge in [0.25, 0.3) is 5.91 Å². The summed E-state index contributed by atoms with van der Waals surface area (Å²) in [5, 5.41) is 15.4. The standard InChI is InChI=1S/C15H20N2O3/c1-11(18)16-9-12-3-5-13(6-4-12)14(19)17-10-15(20)7-2-8-15/h3-6,20H,2,7-10H2,1H3,(H,16,18)(H,17,19).